The summed E-state index contributed by atoms with van der Waals surface area (Å²) in [6.07, 6.45) is 7.93. The third-order valence-electron chi connectivity index (χ3n) is 3.19. The number of hydrogen-bond acceptors (Lipinski definition) is 3. The molecule has 1 aliphatic heterocycles. The van der Waals surface area contributed by atoms with E-state index < -0.39 is 0 Å². The number of ketones is 1. The number of Topliss-reactive ketones (excluding diaryl/α,β-unsaturated/α-hetero) is 1. The number of allylic oxidation sites excluding steroid dienone is 1. The Kier molecular flexibility index (Phi) is 3.25. The molecule has 1 N–H and O–H groups in total. The molecule has 0 unspecified atom stereocenters. The summed E-state index contributed by atoms with van der Waals surface area (Å²) in [7, 11) is 0. The van der Waals surface area contributed by atoms with Crippen molar-refractivity contribution in [1.29, 1.82) is 0 Å². The van der Waals surface area contributed by atoms with Gasteiger partial charge in [-0.3, -0.25) is 4.79 Å². The molecule has 0 bridgehead atoms. The first-order chi connectivity index (χ1) is 7.72. The molecule has 86 valence electrons. The lowest BCUT2D eigenvalue weighted by atomic mass is 9.85. The summed E-state index contributed by atoms with van der Waals surface area (Å²) in [5.74, 6) is 0.368. The quantitative estimate of drug-likeness (QED) is 0.777. The summed E-state index contributed by atoms with van der Waals surface area (Å²) < 4.78 is 5.06. The molecule has 0 aromatic carbocycles. The van der Waals surface area contributed by atoms with Crippen LogP contribution in [0.4, 0.5) is 0 Å². The van der Waals surface area contributed by atoms with Gasteiger partial charge in [-0.2, -0.15) is 0 Å². The minimum atomic E-state index is 0.0550. The topological polar surface area (TPSA) is 42.2 Å². The Bertz CT molecular complexity index is 381. The molecule has 1 saturated heterocycles. The molecule has 0 spiro atoms. The predicted octanol–water partition coefficient (Wildman–Crippen LogP) is 2.46. The molecule has 0 saturated carbocycles. The van der Waals surface area contributed by atoms with Crippen LogP contribution in [-0.2, 0) is 4.79 Å². The predicted molar refractivity (Wildman–Crippen MR) is 62.0 cm³/mol. The van der Waals surface area contributed by atoms with E-state index in [1.165, 1.54) is 0 Å². The fourth-order valence-electron chi connectivity index (χ4n) is 2.14. The van der Waals surface area contributed by atoms with Crippen LogP contribution in [0.2, 0.25) is 0 Å². The molecule has 2 heterocycles. The Morgan fingerprint density at radius 3 is 3.00 bits per heavy atom. The molecule has 0 aliphatic carbocycles. The van der Waals surface area contributed by atoms with Gasteiger partial charge < -0.3 is 9.73 Å². The van der Waals surface area contributed by atoms with Crippen molar-refractivity contribution in [2.45, 2.75) is 32.4 Å². The van der Waals surface area contributed by atoms with Crippen molar-refractivity contribution >= 4 is 5.78 Å². The van der Waals surface area contributed by atoms with Gasteiger partial charge in [-0.1, -0.05) is 19.1 Å². The summed E-state index contributed by atoms with van der Waals surface area (Å²) in [5, 5.41) is 3.47. The van der Waals surface area contributed by atoms with Gasteiger partial charge >= 0.3 is 0 Å². The third-order valence-corrected chi connectivity index (χ3v) is 3.19. The maximum atomic E-state index is 11.9. The van der Waals surface area contributed by atoms with Gasteiger partial charge in [0.2, 0.25) is 0 Å². The van der Waals surface area contributed by atoms with Gasteiger partial charge in [0.05, 0.1) is 12.5 Å². The zero-order chi connectivity index (χ0) is 11.5. The fraction of sp³-hybridized carbons (Fsp3) is 0.462. The Morgan fingerprint density at radius 2 is 2.38 bits per heavy atom. The van der Waals surface area contributed by atoms with Crippen molar-refractivity contribution in [2.75, 3.05) is 0 Å². The van der Waals surface area contributed by atoms with Crippen LogP contribution in [0.25, 0.3) is 0 Å². The number of hydrogen-bond donors (Lipinski definition) is 1. The van der Waals surface area contributed by atoms with Crippen molar-refractivity contribution < 1.29 is 9.21 Å². The lowest BCUT2D eigenvalue weighted by Crippen LogP contribution is -2.45. The van der Waals surface area contributed by atoms with E-state index >= 15 is 0 Å². The summed E-state index contributed by atoms with van der Waals surface area (Å²) in [5.41, 5.74) is 1.05. The molecule has 1 aromatic rings. The van der Waals surface area contributed by atoms with E-state index in [0.29, 0.717) is 12.2 Å². The summed E-state index contributed by atoms with van der Waals surface area (Å²) in [4.78, 5) is 11.9. The molecule has 1 aromatic heterocycles. The maximum Gasteiger partial charge on any atom is 0.139 e. The number of piperidine rings is 1. The first-order valence-corrected chi connectivity index (χ1v) is 5.66. The second kappa shape index (κ2) is 4.66. The highest BCUT2D eigenvalue weighted by Gasteiger charge is 2.32. The molecule has 0 amide bonds. The third kappa shape index (κ3) is 2.09. The minimum Gasteiger partial charge on any atom is -0.472 e. The van der Waals surface area contributed by atoms with Gasteiger partial charge in [0, 0.05) is 30.0 Å². The van der Waals surface area contributed by atoms with Gasteiger partial charge in [0.1, 0.15) is 5.78 Å². The van der Waals surface area contributed by atoms with Crippen LogP contribution >= 0.6 is 0 Å². The molecule has 1 aliphatic rings. The van der Waals surface area contributed by atoms with E-state index in [1.807, 2.05) is 26.0 Å². The number of nitrogens with one attached hydrogen (secondary N) is 1. The Morgan fingerprint density at radius 1 is 1.56 bits per heavy atom. The number of carbonyl (C=O) groups is 1. The van der Waals surface area contributed by atoms with Crippen LogP contribution < -0.4 is 5.32 Å². The lowest BCUT2D eigenvalue weighted by molar-refractivity contribution is -0.125. The average molecular weight is 219 g/mol. The molecule has 2 rings (SSSR count). The van der Waals surface area contributed by atoms with Crippen LogP contribution in [0.5, 0.6) is 0 Å². The molecule has 0 radical (unpaired) electrons. The van der Waals surface area contributed by atoms with Gasteiger partial charge in [0.25, 0.3) is 0 Å². The van der Waals surface area contributed by atoms with E-state index in [2.05, 4.69) is 11.4 Å². The monoisotopic (exact) mass is 219 g/mol. The number of rotatable bonds is 2. The highest BCUT2D eigenvalue weighted by atomic mass is 16.3. The molecular weight excluding hydrogens is 202 g/mol. The summed E-state index contributed by atoms with van der Waals surface area (Å²) in [6, 6.07) is 2.13. The van der Waals surface area contributed by atoms with Crippen molar-refractivity contribution in [3.05, 3.63) is 36.3 Å². The van der Waals surface area contributed by atoms with Crippen molar-refractivity contribution in [2.24, 2.45) is 5.92 Å². The summed E-state index contributed by atoms with van der Waals surface area (Å²) in [6.45, 7) is 3.95. The molecule has 3 atom stereocenters. The zero-order valence-corrected chi connectivity index (χ0v) is 9.64. The van der Waals surface area contributed by atoms with Gasteiger partial charge in [0.15, 0.2) is 0 Å². The fourth-order valence-corrected chi connectivity index (χ4v) is 2.14. The molecule has 16 heavy (non-hydrogen) atoms. The van der Waals surface area contributed by atoms with Crippen LogP contribution in [-0.4, -0.2) is 11.8 Å². The minimum absolute atomic E-state index is 0.0550. The van der Waals surface area contributed by atoms with Gasteiger partial charge in [-0.25, -0.2) is 0 Å². The normalized spacial score (nSPS) is 31.1. The zero-order valence-electron chi connectivity index (χ0n) is 9.64. The van der Waals surface area contributed by atoms with E-state index in [1.54, 1.807) is 12.5 Å². The smallest absolute Gasteiger partial charge is 0.139 e. The Hall–Kier alpha value is -1.35. The van der Waals surface area contributed by atoms with Crippen LogP contribution in [0, 0.1) is 5.92 Å². The Labute approximate surface area is 95.5 Å². The van der Waals surface area contributed by atoms with Crippen LogP contribution in [0.1, 0.15) is 31.9 Å². The maximum absolute atomic E-state index is 11.9. The standard InChI is InChI=1S/C13H17NO2/c1-3-4-11-9(2)13(15)7-12(14-11)10-5-6-16-8-10/h3-6,8-9,11-12,14H,7H2,1-2H3/b4-3+/t9-,11-,12-/m0/s1. The molecule has 3 nitrogen and oxygen atoms in total. The second-order valence-corrected chi connectivity index (χ2v) is 4.29. The van der Waals surface area contributed by atoms with E-state index in [0.717, 1.165) is 5.56 Å². The van der Waals surface area contributed by atoms with Crippen LogP contribution in [0.15, 0.2) is 35.2 Å². The Balaban J connectivity index is 2.16. The average Bonchev–Trinajstić information content (AvgIpc) is 2.78. The second-order valence-electron chi connectivity index (χ2n) is 4.29. The number of furan rings is 1. The van der Waals surface area contributed by atoms with Crippen molar-refractivity contribution in [1.82, 2.24) is 5.32 Å². The summed E-state index contributed by atoms with van der Waals surface area (Å²) >= 11 is 0. The van der Waals surface area contributed by atoms with Gasteiger partial charge in [-0.05, 0) is 13.0 Å². The first kappa shape index (κ1) is 11.1. The van der Waals surface area contributed by atoms with Gasteiger partial charge in [-0.15, -0.1) is 0 Å². The van der Waals surface area contributed by atoms with Crippen molar-refractivity contribution in [3.8, 4) is 0 Å². The molecular formula is C13H17NO2. The van der Waals surface area contributed by atoms with E-state index in [9.17, 15) is 4.79 Å². The first-order valence-electron chi connectivity index (χ1n) is 5.66. The SMILES string of the molecule is C/C=C/[C@@H]1N[C@H](c2ccoc2)CC(=O)[C@H]1C. The largest absolute Gasteiger partial charge is 0.472 e. The van der Waals surface area contributed by atoms with E-state index in [4.69, 9.17) is 4.42 Å². The molecule has 1 fully saturated rings. The highest BCUT2D eigenvalue weighted by Crippen LogP contribution is 2.27. The molecule has 3 heteroatoms. The highest BCUT2D eigenvalue weighted by molar-refractivity contribution is 5.83. The van der Waals surface area contributed by atoms with E-state index in [-0.39, 0.29) is 18.0 Å². The number of carbonyl (C=O) groups excluding carboxylic acids is 1. The van der Waals surface area contributed by atoms with Crippen LogP contribution in [0.3, 0.4) is 0 Å². The van der Waals surface area contributed by atoms with Crippen molar-refractivity contribution in [3.63, 3.8) is 0 Å². The lowest BCUT2D eigenvalue weighted by Gasteiger charge is -2.32.